The van der Waals surface area contributed by atoms with Crippen LogP contribution < -0.4 is 0 Å². The zero-order chi connectivity index (χ0) is 12.8. The molecule has 0 radical (unpaired) electrons. The van der Waals surface area contributed by atoms with E-state index >= 15 is 0 Å². The Morgan fingerprint density at radius 1 is 1.06 bits per heavy atom. The summed E-state index contributed by atoms with van der Waals surface area (Å²) in [5.41, 5.74) is 6.23. The largest absolute Gasteiger partial charge is 0.0955 e. The van der Waals surface area contributed by atoms with E-state index in [1.165, 1.54) is 22.3 Å². The van der Waals surface area contributed by atoms with Crippen LogP contribution in [0.1, 0.15) is 38.8 Å². The van der Waals surface area contributed by atoms with Gasteiger partial charge in [-0.2, -0.15) is 0 Å². The van der Waals surface area contributed by atoms with Crippen molar-refractivity contribution in [3.05, 3.63) is 65.3 Å². The fourth-order valence-corrected chi connectivity index (χ4v) is 1.65. The highest BCUT2D eigenvalue weighted by Gasteiger charge is 2.01. The average molecular weight is 226 g/mol. The summed E-state index contributed by atoms with van der Waals surface area (Å²) in [5.74, 6) is 0. The van der Waals surface area contributed by atoms with E-state index in [1.54, 1.807) is 0 Å². The van der Waals surface area contributed by atoms with Crippen LogP contribution in [0.3, 0.4) is 0 Å². The van der Waals surface area contributed by atoms with Gasteiger partial charge in [-0.15, -0.1) is 0 Å². The molecule has 17 heavy (non-hydrogen) atoms. The van der Waals surface area contributed by atoms with Gasteiger partial charge in [-0.05, 0) is 43.9 Å². The van der Waals surface area contributed by atoms with Crippen LogP contribution in [0, 0.1) is 0 Å². The Morgan fingerprint density at radius 3 is 2.06 bits per heavy atom. The zero-order valence-corrected chi connectivity index (χ0v) is 11.4. The van der Waals surface area contributed by atoms with Crippen LogP contribution in [0.25, 0.3) is 5.57 Å². The first-order valence-corrected chi connectivity index (χ1v) is 6.15. The van der Waals surface area contributed by atoms with Crippen molar-refractivity contribution in [2.75, 3.05) is 0 Å². The molecule has 1 rings (SSSR count). The quantitative estimate of drug-likeness (QED) is 0.621. The normalized spacial score (nSPS) is 11.2. The van der Waals surface area contributed by atoms with E-state index in [9.17, 15) is 0 Å². The Balaban J connectivity index is 3.10. The summed E-state index contributed by atoms with van der Waals surface area (Å²) in [4.78, 5) is 0. The first kappa shape index (κ1) is 13.5. The summed E-state index contributed by atoms with van der Waals surface area (Å²) in [6, 6.07) is 8.74. The molecular weight excluding hydrogens is 204 g/mol. The number of allylic oxidation sites excluding steroid dienone is 5. The smallest absolute Gasteiger partial charge is 0.0161 e. The van der Waals surface area contributed by atoms with Gasteiger partial charge in [-0.25, -0.2) is 0 Å². The standard InChI is InChI=1S/C17H22/c1-6-15-8-10-16(11-9-15)17(14(4)5)12-7-13(2)3/h7-12H,4,6H2,1-3,5H3/b17-12+. The van der Waals surface area contributed by atoms with Gasteiger partial charge in [0.2, 0.25) is 0 Å². The van der Waals surface area contributed by atoms with Crippen LogP contribution in [0.15, 0.2) is 54.1 Å². The molecule has 0 saturated carbocycles. The molecule has 0 heterocycles. The third-order valence-electron chi connectivity index (χ3n) is 2.72. The molecule has 0 aliphatic heterocycles. The second kappa shape index (κ2) is 6.24. The molecule has 0 saturated heterocycles. The van der Waals surface area contributed by atoms with Crippen molar-refractivity contribution in [3.8, 4) is 0 Å². The second-order valence-electron chi connectivity index (χ2n) is 4.66. The predicted octanol–water partition coefficient (Wildman–Crippen LogP) is 5.17. The molecule has 0 heteroatoms. The summed E-state index contributed by atoms with van der Waals surface area (Å²) in [6.07, 6.45) is 5.37. The number of aryl methyl sites for hydroxylation is 1. The van der Waals surface area contributed by atoms with Crippen molar-refractivity contribution in [1.82, 2.24) is 0 Å². The Bertz CT molecular complexity index is 437. The summed E-state index contributed by atoms with van der Waals surface area (Å²) >= 11 is 0. The van der Waals surface area contributed by atoms with Crippen molar-refractivity contribution < 1.29 is 0 Å². The van der Waals surface area contributed by atoms with Gasteiger partial charge in [-0.3, -0.25) is 0 Å². The number of hydrogen-bond donors (Lipinski definition) is 0. The number of rotatable bonds is 4. The molecule has 1 aromatic rings. The lowest BCUT2D eigenvalue weighted by Gasteiger charge is -2.07. The third kappa shape index (κ3) is 4.07. The van der Waals surface area contributed by atoms with E-state index in [-0.39, 0.29) is 0 Å². The van der Waals surface area contributed by atoms with Crippen molar-refractivity contribution in [3.63, 3.8) is 0 Å². The van der Waals surface area contributed by atoms with Crippen LogP contribution >= 0.6 is 0 Å². The average Bonchev–Trinajstić information content (AvgIpc) is 2.29. The molecule has 0 fully saturated rings. The first-order valence-electron chi connectivity index (χ1n) is 6.15. The van der Waals surface area contributed by atoms with Crippen molar-refractivity contribution in [1.29, 1.82) is 0 Å². The Hall–Kier alpha value is -1.56. The highest BCUT2D eigenvalue weighted by atomic mass is 14.1. The highest BCUT2D eigenvalue weighted by Crippen LogP contribution is 2.22. The molecule has 0 aromatic heterocycles. The number of hydrogen-bond acceptors (Lipinski definition) is 0. The van der Waals surface area contributed by atoms with Crippen LogP contribution in [0.4, 0.5) is 0 Å². The molecule has 0 amide bonds. The van der Waals surface area contributed by atoms with Crippen molar-refractivity contribution in [2.24, 2.45) is 0 Å². The Kier molecular flexibility index (Phi) is 4.96. The topological polar surface area (TPSA) is 0 Å². The van der Waals surface area contributed by atoms with E-state index in [2.05, 4.69) is 70.7 Å². The summed E-state index contributed by atoms with van der Waals surface area (Å²) < 4.78 is 0. The summed E-state index contributed by atoms with van der Waals surface area (Å²) in [7, 11) is 0. The lowest BCUT2D eigenvalue weighted by Crippen LogP contribution is -1.87. The molecule has 0 atom stereocenters. The third-order valence-corrected chi connectivity index (χ3v) is 2.72. The molecule has 0 nitrogen and oxygen atoms in total. The number of benzene rings is 1. The molecule has 0 bridgehead atoms. The minimum absolute atomic E-state index is 1.08. The molecule has 0 aliphatic carbocycles. The van der Waals surface area contributed by atoms with Gasteiger partial charge < -0.3 is 0 Å². The van der Waals surface area contributed by atoms with Crippen LogP contribution in [0.2, 0.25) is 0 Å². The van der Waals surface area contributed by atoms with Gasteiger partial charge in [0, 0.05) is 0 Å². The molecular formula is C17H22. The van der Waals surface area contributed by atoms with E-state index < -0.39 is 0 Å². The fraction of sp³-hybridized carbons (Fsp3) is 0.294. The van der Waals surface area contributed by atoms with Crippen LogP contribution in [0.5, 0.6) is 0 Å². The fourth-order valence-electron chi connectivity index (χ4n) is 1.65. The molecule has 0 N–H and O–H groups in total. The molecule has 90 valence electrons. The zero-order valence-electron chi connectivity index (χ0n) is 11.4. The Morgan fingerprint density at radius 2 is 1.65 bits per heavy atom. The van der Waals surface area contributed by atoms with Crippen LogP contribution in [-0.4, -0.2) is 0 Å². The van der Waals surface area contributed by atoms with Gasteiger partial charge in [0.1, 0.15) is 0 Å². The SMILES string of the molecule is C=C(C)/C(=C\C=C(C)C)c1ccc(CC)cc1. The van der Waals surface area contributed by atoms with Gasteiger partial charge in [-0.1, -0.05) is 61.1 Å². The van der Waals surface area contributed by atoms with E-state index in [0.29, 0.717) is 0 Å². The molecule has 1 aromatic carbocycles. The first-order chi connectivity index (χ1) is 8.04. The molecule has 0 spiro atoms. The molecule has 0 aliphatic rings. The van der Waals surface area contributed by atoms with Gasteiger partial charge >= 0.3 is 0 Å². The van der Waals surface area contributed by atoms with Gasteiger partial charge in [0.05, 0.1) is 0 Å². The van der Waals surface area contributed by atoms with Crippen molar-refractivity contribution in [2.45, 2.75) is 34.1 Å². The maximum atomic E-state index is 4.05. The minimum Gasteiger partial charge on any atom is -0.0955 e. The van der Waals surface area contributed by atoms with E-state index in [0.717, 1.165) is 12.0 Å². The van der Waals surface area contributed by atoms with Gasteiger partial charge in [0.15, 0.2) is 0 Å². The maximum Gasteiger partial charge on any atom is -0.0161 e. The predicted molar refractivity (Wildman–Crippen MR) is 78.0 cm³/mol. The van der Waals surface area contributed by atoms with E-state index in [1.807, 2.05) is 0 Å². The van der Waals surface area contributed by atoms with Gasteiger partial charge in [0.25, 0.3) is 0 Å². The molecule has 0 unspecified atom stereocenters. The highest BCUT2D eigenvalue weighted by molar-refractivity contribution is 5.79. The minimum atomic E-state index is 1.08. The lowest BCUT2D eigenvalue weighted by molar-refractivity contribution is 1.14. The van der Waals surface area contributed by atoms with E-state index in [4.69, 9.17) is 0 Å². The maximum absolute atomic E-state index is 4.05. The Labute approximate surface area is 105 Å². The summed E-state index contributed by atoms with van der Waals surface area (Å²) in [5, 5.41) is 0. The van der Waals surface area contributed by atoms with Crippen molar-refractivity contribution >= 4 is 5.57 Å². The second-order valence-corrected chi connectivity index (χ2v) is 4.66. The monoisotopic (exact) mass is 226 g/mol. The lowest BCUT2D eigenvalue weighted by atomic mass is 9.98. The van der Waals surface area contributed by atoms with Crippen LogP contribution in [-0.2, 0) is 6.42 Å². The summed E-state index contributed by atoms with van der Waals surface area (Å²) in [6.45, 7) is 12.5.